The Hall–Kier alpha value is -0.570. The van der Waals surface area contributed by atoms with E-state index in [0.29, 0.717) is 18.2 Å². The monoisotopic (exact) mass is 214 g/mol. The maximum absolute atomic E-state index is 9.69. The fourth-order valence-corrected chi connectivity index (χ4v) is 1.35. The highest BCUT2D eigenvalue weighted by atomic mass is 35.5. The van der Waals surface area contributed by atoms with E-state index in [-0.39, 0.29) is 0 Å². The van der Waals surface area contributed by atoms with Crippen LogP contribution in [0, 0.1) is 0 Å². The van der Waals surface area contributed by atoms with Gasteiger partial charge >= 0.3 is 0 Å². The number of ether oxygens (including phenoxy) is 1. The Balaban J connectivity index is 2.47. The van der Waals surface area contributed by atoms with E-state index in [1.54, 1.807) is 12.1 Å². The average molecular weight is 215 g/mol. The molecule has 0 aliphatic rings. The van der Waals surface area contributed by atoms with Crippen molar-refractivity contribution < 1.29 is 9.84 Å². The first-order valence-corrected chi connectivity index (χ1v) is 5.13. The van der Waals surface area contributed by atoms with Crippen LogP contribution in [-0.2, 0) is 4.74 Å². The number of hydrogen-bond acceptors (Lipinski definition) is 2. The fraction of sp³-hybridized carbons (Fsp3) is 0.455. The molecule has 0 saturated heterocycles. The summed E-state index contributed by atoms with van der Waals surface area (Å²) in [6, 6.07) is 7.19. The van der Waals surface area contributed by atoms with E-state index in [9.17, 15) is 5.11 Å². The molecule has 0 saturated carbocycles. The molecule has 1 unspecified atom stereocenters. The van der Waals surface area contributed by atoms with Gasteiger partial charge in [0.2, 0.25) is 0 Å². The second kappa shape index (κ2) is 6.02. The average Bonchev–Trinajstić information content (AvgIpc) is 2.18. The van der Waals surface area contributed by atoms with Crippen LogP contribution in [0.2, 0.25) is 5.02 Å². The van der Waals surface area contributed by atoms with E-state index in [1.807, 2.05) is 19.1 Å². The summed E-state index contributed by atoms with van der Waals surface area (Å²) < 4.78 is 5.25. The summed E-state index contributed by atoms with van der Waals surface area (Å²) >= 11 is 5.80. The molecule has 1 aromatic rings. The summed E-state index contributed by atoms with van der Waals surface area (Å²) in [5.41, 5.74) is 0.800. The Labute approximate surface area is 89.5 Å². The second-order valence-corrected chi connectivity index (χ2v) is 3.58. The highest BCUT2D eigenvalue weighted by molar-refractivity contribution is 6.30. The highest BCUT2D eigenvalue weighted by Crippen LogP contribution is 2.17. The van der Waals surface area contributed by atoms with Gasteiger partial charge in [0.05, 0.1) is 6.61 Å². The Kier molecular flexibility index (Phi) is 4.94. The van der Waals surface area contributed by atoms with Crippen LogP contribution < -0.4 is 0 Å². The summed E-state index contributed by atoms with van der Waals surface area (Å²) in [6.07, 6.45) is 0.377. The smallest absolute Gasteiger partial charge is 0.102 e. The lowest BCUT2D eigenvalue weighted by atomic mass is 10.1. The zero-order valence-electron chi connectivity index (χ0n) is 8.24. The lowest BCUT2D eigenvalue weighted by Crippen LogP contribution is -2.07. The van der Waals surface area contributed by atoms with Crippen LogP contribution in [0.15, 0.2) is 24.3 Å². The van der Waals surface area contributed by atoms with Crippen LogP contribution in [0.3, 0.4) is 0 Å². The van der Waals surface area contributed by atoms with E-state index in [0.717, 1.165) is 12.0 Å². The number of hydrogen-bond donors (Lipinski definition) is 1. The van der Waals surface area contributed by atoms with Crippen LogP contribution >= 0.6 is 11.6 Å². The molecule has 0 aliphatic carbocycles. The molecule has 3 heteroatoms. The summed E-state index contributed by atoms with van der Waals surface area (Å²) in [4.78, 5) is 0. The summed E-state index contributed by atoms with van der Waals surface area (Å²) in [5, 5.41) is 10.3. The lowest BCUT2D eigenvalue weighted by Gasteiger charge is -2.11. The standard InChI is InChI=1S/C11H15ClO2/c1-2-6-14-8-11(13)9-4-3-5-10(12)7-9/h3-5,7,11,13H,2,6,8H2,1H3. The molecule has 0 radical (unpaired) electrons. The predicted octanol–water partition coefficient (Wildman–Crippen LogP) is 2.80. The van der Waals surface area contributed by atoms with Crippen LogP contribution in [0.4, 0.5) is 0 Å². The molecule has 2 nitrogen and oxygen atoms in total. The first kappa shape index (κ1) is 11.5. The molecule has 1 N–H and O–H groups in total. The molecule has 0 fully saturated rings. The first-order chi connectivity index (χ1) is 6.74. The van der Waals surface area contributed by atoms with Crippen molar-refractivity contribution in [1.29, 1.82) is 0 Å². The van der Waals surface area contributed by atoms with Crippen molar-refractivity contribution in [3.63, 3.8) is 0 Å². The van der Waals surface area contributed by atoms with E-state index in [1.165, 1.54) is 0 Å². The van der Waals surface area contributed by atoms with Gasteiger partial charge in [0.15, 0.2) is 0 Å². The third-order valence-electron chi connectivity index (χ3n) is 1.86. The van der Waals surface area contributed by atoms with Gasteiger partial charge in [-0.1, -0.05) is 30.7 Å². The third kappa shape index (κ3) is 3.66. The van der Waals surface area contributed by atoms with Gasteiger partial charge < -0.3 is 9.84 Å². The lowest BCUT2D eigenvalue weighted by molar-refractivity contribution is 0.0364. The zero-order chi connectivity index (χ0) is 10.4. The van der Waals surface area contributed by atoms with Gasteiger partial charge in [-0.15, -0.1) is 0 Å². The van der Waals surface area contributed by atoms with Gasteiger partial charge in [-0.25, -0.2) is 0 Å². The van der Waals surface area contributed by atoms with Crippen molar-refractivity contribution in [3.05, 3.63) is 34.9 Å². The quantitative estimate of drug-likeness (QED) is 0.764. The van der Waals surface area contributed by atoms with Crippen LogP contribution in [0.25, 0.3) is 0 Å². The number of rotatable bonds is 5. The summed E-state index contributed by atoms with van der Waals surface area (Å²) in [6.45, 7) is 3.04. The van der Waals surface area contributed by atoms with Crippen LogP contribution in [-0.4, -0.2) is 18.3 Å². The van der Waals surface area contributed by atoms with Crippen molar-refractivity contribution in [1.82, 2.24) is 0 Å². The zero-order valence-corrected chi connectivity index (χ0v) is 9.00. The number of aliphatic hydroxyl groups is 1. The summed E-state index contributed by atoms with van der Waals surface area (Å²) in [5.74, 6) is 0. The summed E-state index contributed by atoms with van der Waals surface area (Å²) in [7, 11) is 0. The van der Waals surface area contributed by atoms with Gasteiger partial charge in [0.25, 0.3) is 0 Å². The van der Waals surface area contributed by atoms with E-state index in [2.05, 4.69) is 0 Å². The maximum atomic E-state index is 9.69. The van der Waals surface area contributed by atoms with Crippen LogP contribution in [0.5, 0.6) is 0 Å². The topological polar surface area (TPSA) is 29.5 Å². The second-order valence-electron chi connectivity index (χ2n) is 3.15. The molecular weight excluding hydrogens is 200 g/mol. The number of halogens is 1. The van der Waals surface area contributed by atoms with Crippen molar-refractivity contribution >= 4 is 11.6 Å². The largest absolute Gasteiger partial charge is 0.386 e. The molecule has 0 heterocycles. The van der Waals surface area contributed by atoms with Crippen molar-refractivity contribution in [2.75, 3.05) is 13.2 Å². The van der Waals surface area contributed by atoms with Gasteiger partial charge in [0, 0.05) is 11.6 Å². The van der Waals surface area contributed by atoms with E-state index < -0.39 is 6.10 Å². The van der Waals surface area contributed by atoms with Gasteiger partial charge in [-0.2, -0.15) is 0 Å². The molecule has 0 bridgehead atoms. The number of aliphatic hydroxyl groups excluding tert-OH is 1. The van der Waals surface area contributed by atoms with Gasteiger partial charge in [-0.05, 0) is 24.1 Å². The van der Waals surface area contributed by atoms with Crippen molar-refractivity contribution in [2.24, 2.45) is 0 Å². The molecular formula is C11H15ClO2. The minimum Gasteiger partial charge on any atom is -0.386 e. The Morgan fingerprint density at radius 2 is 2.29 bits per heavy atom. The minimum atomic E-state index is -0.583. The molecule has 78 valence electrons. The molecule has 1 atom stereocenters. The van der Waals surface area contributed by atoms with Crippen LogP contribution in [0.1, 0.15) is 25.0 Å². The molecule has 1 aromatic carbocycles. The minimum absolute atomic E-state index is 0.328. The molecule has 14 heavy (non-hydrogen) atoms. The van der Waals surface area contributed by atoms with E-state index in [4.69, 9.17) is 16.3 Å². The van der Waals surface area contributed by atoms with Crippen molar-refractivity contribution in [3.8, 4) is 0 Å². The SMILES string of the molecule is CCCOCC(O)c1cccc(Cl)c1. The Bertz CT molecular complexity index is 276. The number of benzene rings is 1. The maximum Gasteiger partial charge on any atom is 0.102 e. The molecule has 0 amide bonds. The molecule has 0 aliphatic heterocycles. The predicted molar refractivity (Wildman–Crippen MR) is 57.5 cm³/mol. The van der Waals surface area contributed by atoms with Gasteiger partial charge in [-0.3, -0.25) is 0 Å². The molecule has 1 rings (SSSR count). The molecule has 0 aromatic heterocycles. The first-order valence-electron chi connectivity index (χ1n) is 4.75. The molecule has 0 spiro atoms. The van der Waals surface area contributed by atoms with Crippen molar-refractivity contribution in [2.45, 2.75) is 19.4 Å². The Morgan fingerprint density at radius 1 is 1.50 bits per heavy atom. The fourth-order valence-electron chi connectivity index (χ4n) is 1.15. The highest BCUT2D eigenvalue weighted by Gasteiger charge is 2.07. The normalized spacial score (nSPS) is 12.8. The van der Waals surface area contributed by atoms with E-state index >= 15 is 0 Å². The Morgan fingerprint density at radius 3 is 2.93 bits per heavy atom. The van der Waals surface area contributed by atoms with Gasteiger partial charge in [0.1, 0.15) is 6.10 Å². The third-order valence-corrected chi connectivity index (χ3v) is 2.09.